The summed E-state index contributed by atoms with van der Waals surface area (Å²) in [5, 5.41) is 0. The van der Waals surface area contributed by atoms with Crippen molar-refractivity contribution in [2.24, 2.45) is 5.92 Å². The van der Waals surface area contributed by atoms with Crippen molar-refractivity contribution in [1.29, 1.82) is 0 Å². The van der Waals surface area contributed by atoms with Crippen molar-refractivity contribution < 1.29 is 19.0 Å². The van der Waals surface area contributed by atoms with Crippen molar-refractivity contribution in [2.45, 2.75) is 37.9 Å². The first-order chi connectivity index (χ1) is 14.7. The van der Waals surface area contributed by atoms with E-state index < -0.39 is 0 Å². The number of carbonyl (C=O) groups excluding carboxylic acids is 1. The molecule has 3 aliphatic heterocycles. The highest BCUT2D eigenvalue weighted by Gasteiger charge is 2.54. The van der Waals surface area contributed by atoms with E-state index in [1.165, 1.54) is 5.56 Å². The summed E-state index contributed by atoms with van der Waals surface area (Å²) in [5.41, 5.74) is 3.18. The van der Waals surface area contributed by atoms with Gasteiger partial charge in [-0.1, -0.05) is 12.1 Å². The topological polar surface area (TPSA) is 60.9 Å². The van der Waals surface area contributed by atoms with E-state index in [-0.39, 0.29) is 11.5 Å². The van der Waals surface area contributed by atoms with Gasteiger partial charge in [-0.2, -0.15) is 0 Å². The van der Waals surface area contributed by atoms with Gasteiger partial charge in [-0.15, -0.1) is 0 Å². The number of aryl methyl sites for hydroxylation is 1. The van der Waals surface area contributed by atoms with E-state index in [0.717, 1.165) is 49.4 Å². The molecular formula is C24H28N2O4. The lowest BCUT2D eigenvalue weighted by molar-refractivity contribution is -0.168. The smallest absolute Gasteiger partial charge is 0.227 e. The normalized spacial score (nSPS) is 21.7. The van der Waals surface area contributed by atoms with Crippen LogP contribution >= 0.6 is 0 Å². The highest BCUT2D eigenvalue weighted by Crippen LogP contribution is 2.40. The van der Waals surface area contributed by atoms with E-state index >= 15 is 0 Å². The minimum absolute atomic E-state index is 0.171. The van der Waals surface area contributed by atoms with Crippen molar-refractivity contribution in [3.63, 3.8) is 0 Å². The summed E-state index contributed by atoms with van der Waals surface area (Å²) in [4.78, 5) is 18.8. The molecule has 4 heterocycles. The monoisotopic (exact) mass is 408 g/mol. The zero-order valence-electron chi connectivity index (χ0n) is 17.2. The molecule has 6 nitrogen and oxygen atoms in total. The van der Waals surface area contributed by atoms with Crippen LogP contribution in [-0.4, -0.2) is 54.3 Å². The number of likely N-dealkylation sites (tertiary alicyclic amines) is 1. The van der Waals surface area contributed by atoms with Crippen molar-refractivity contribution in [1.82, 2.24) is 9.88 Å². The van der Waals surface area contributed by atoms with Crippen molar-refractivity contribution in [3.05, 3.63) is 59.4 Å². The first-order valence-electron chi connectivity index (χ1n) is 10.8. The van der Waals surface area contributed by atoms with Crippen molar-refractivity contribution in [3.8, 4) is 5.75 Å². The molecule has 1 aromatic carbocycles. The lowest BCUT2D eigenvalue weighted by Gasteiger charge is -2.50. The minimum Gasteiger partial charge on any atom is -0.493 e. The molecule has 1 spiro atoms. The van der Waals surface area contributed by atoms with Crippen molar-refractivity contribution in [2.75, 3.05) is 32.9 Å². The first kappa shape index (κ1) is 19.5. The first-order valence-corrected chi connectivity index (χ1v) is 10.8. The number of carbonyl (C=O) groups is 1. The fourth-order valence-electron chi connectivity index (χ4n) is 4.75. The van der Waals surface area contributed by atoms with E-state index in [0.29, 0.717) is 38.6 Å². The summed E-state index contributed by atoms with van der Waals surface area (Å²) in [7, 11) is 0. The van der Waals surface area contributed by atoms with Gasteiger partial charge in [-0.25, -0.2) is 0 Å². The van der Waals surface area contributed by atoms with E-state index in [2.05, 4.69) is 11.1 Å². The minimum atomic E-state index is -0.225. The quantitative estimate of drug-likeness (QED) is 0.736. The predicted molar refractivity (Wildman–Crippen MR) is 111 cm³/mol. The van der Waals surface area contributed by atoms with Gasteiger partial charge >= 0.3 is 0 Å². The molecule has 0 unspecified atom stereocenters. The average molecular weight is 408 g/mol. The Morgan fingerprint density at radius 3 is 2.90 bits per heavy atom. The van der Waals surface area contributed by atoms with E-state index in [4.69, 9.17) is 14.2 Å². The molecular weight excluding hydrogens is 380 g/mol. The molecule has 1 atom stereocenters. The van der Waals surface area contributed by atoms with Crippen LogP contribution in [0, 0.1) is 5.92 Å². The number of benzene rings is 1. The van der Waals surface area contributed by atoms with Gasteiger partial charge in [0.2, 0.25) is 5.91 Å². The predicted octanol–water partition coefficient (Wildman–Crippen LogP) is 2.78. The molecule has 0 aliphatic carbocycles. The maximum absolute atomic E-state index is 12.8. The zero-order valence-corrected chi connectivity index (χ0v) is 17.2. The molecule has 0 N–H and O–H groups in total. The molecule has 3 aliphatic rings. The number of amides is 1. The Kier molecular flexibility index (Phi) is 5.44. The summed E-state index contributed by atoms with van der Waals surface area (Å²) in [6, 6.07) is 10.1. The molecule has 0 saturated carbocycles. The number of pyridine rings is 1. The fourth-order valence-corrected chi connectivity index (χ4v) is 4.75. The number of hydrogen-bond donors (Lipinski definition) is 0. The lowest BCUT2D eigenvalue weighted by Crippen LogP contribution is -2.66. The number of fused-ring (bicyclic) bond motifs is 1. The van der Waals surface area contributed by atoms with Crippen LogP contribution in [0.15, 0.2) is 42.7 Å². The number of aromatic nitrogens is 1. The van der Waals surface area contributed by atoms with Crippen LogP contribution in [0.25, 0.3) is 0 Å². The van der Waals surface area contributed by atoms with E-state index in [9.17, 15) is 4.79 Å². The number of nitrogens with zero attached hydrogens (tertiary/aromatic N) is 2. The van der Waals surface area contributed by atoms with Gasteiger partial charge in [0, 0.05) is 24.9 Å². The number of rotatable bonds is 6. The maximum atomic E-state index is 12.8. The zero-order chi connectivity index (χ0) is 20.4. The molecule has 2 aromatic rings. The van der Waals surface area contributed by atoms with Gasteiger partial charge in [-0.05, 0) is 54.2 Å². The highest BCUT2D eigenvalue weighted by atomic mass is 16.5. The third-order valence-corrected chi connectivity index (χ3v) is 6.53. The Labute approximate surface area is 177 Å². The average Bonchev–Trinajstić information content (AvgIpc) is 3.17. The van der Waals surface area contributed by atoms with Crippen LogP contribution in [0.2, 0.25) is 0 Å². The van der Waals surface area contributed by atoms with Gasteiger partial charge in [0.1, 0.15) is 11.4 Å². The summed E-state index contributed by atoms with van der Waals surface area (Å²) in [5.74, 6) is 1.47. The molecule has 6 heteroatoms. The lowest BCUT2D eigenvalue weighted by atomic mass is 9.81. The van der Waals surface area contributed by atoms with Gasteiger partial charge in [0.25, 0.3) is 0 Å². The Morgan fingerprint density at radius 1 is 1.17 bits per heavy atom. The van der Waals surface area contributed by atoms with Crippen LogP contribution in [0.4, 0.5) is 0 Å². The van der Waals surface area contributed by atoms with Crippen LogP contribution < -0.4 is 4.74 Å². The highest BCUT2D eigenvalue weighted by molar-refractivity contribution is 5.80. The molecule has 1 aromatic heterocycles. The van der Waals surface area contributed by atoms with Crippen LogP contribution in [-0.2, 0) is 33.7 Å². The third-order valence-electron chi connectivity index (χ3n) is 6.53. The third kappa shape index (κ3) is 3.94. The summed E-state index contributed by atoms with van der Waals surface area (Å²) in [6.07, 6.45) is 7.06. The summed E-state index contributed by atoms with van der Waals surface area (Å²) in [6.45, 7) is 4.12. The second-order valence-electron chi connectivity index (χ2n) is 8.59. The second-order valence-corrected chi connectivity index (χ2v) is 8.59. The number of ether oxygens (including phenoxy) is 3. The maximum Gasteiger partial charge on any atom is 0.227 e. The van der Waals surface area contributed by atoms with Crippen LogP contribution in [0.1, 0.15) is 29.5 Å². The summed E-state index contributed by atoms with van der Waals surface area (Å²) < 4.78 is 17.7. The van der Waals surface area contributed by atoms with E-state index in [1.54, 1.807) is 12.4 Å². The molecule has 5 rings (SSSR count). The molecule has 158 valence electrons. The van der Waals surface area contributed by atoms with Crippen LogP contribution in [0.3, 0.4) is 0 Å². The largest absolute Gasteiger partial charge is 0.493 e. The Bertz CT molecular complexity index is 895. The molecule has 30 heavy (non-hydrogen) atoms. The summed E-state index contributed by atoms with van der Waals surface area (Å²) >= 11 is 0. The molecule has 0 radical (unpaired) electrons. The second kappa shape index (κ2) is 8.36. The van der Waals surface area contributed by atoms with Gasteiger partial charge in [0.05, 0.1) is 39.3 Å². The van der Waals surface area contributed by atoms with Gasteiger partial charge in [0.15, 0.2) is 0 Å². The Balaban J connectivity index is 1.13. The molecule has 0 bridgehead atoms. The molecule has 2 fully saturated rings. The molecule has 2 saturated heterocycles. The van der Waals surface area contributed by atoms with Gasteiger partial charge < -0.3 is 19.1 Å². The fraction of sp³-hybridized carbons (Fsp3) is 0.500. The van der Waals surface area contributed by atoms with Gasteiger partial charge in [-0.3, -0.25) is 9.78 Å². The SMILES string of the molecule is O=C(Cc1ccc2c(c1)CCCO2)N1CC2(C1)OCC[C@@H]2COCc1ccncc1. The van der Waals surface area contributed by atoms with Crippen molar-refractivity contribution >= 4 is 5.91 Å². The molecule has 1 amide bonds. The Hall–Kier alpha value is -2.44. The van der Waals surface area contributed by atoms with Crippen LogP contribution in [0.5, 0.6) is 5.75 Å². The number of hydrogen-bond acceptors (Lipinski definition) is 5. The standard InChI is InChI=1S/C24H28N2O4/c27-23(13-19-3-4-22-20(12-19)2-1-10-29-22)26-16-24(17-26)21(7-11-30-24)15-28-14-18-5-8-25-9-6-18/h3-6,8-9,12,21H,1-2,7,10-11,13-17H2/t21-/m1/s1. The Morgan fingerprint density at radius 2 is 2.03 bits per heavy atom. The van der Waals surface area contributed by atoms with E-state index in [1.807, 2.05) is 29.2 Å².